The van der Waals surface area contributed by atoms with Crippen molar-refractivity contribution >= 4 is 5.91 Å². The maximum Gasteiger partial charge on any atom is 0.417 e. The number of rotatable bonds is 4. The highest BCUT2D eigenvalue weighted by Gasteiger charge is 2.31. The first-order valence-electron chi connectivity index (χ1n) is 5.35. The molecule has 1 aromatic heterocycles. The smallest absolute Gasteiger partial charge is 0.340 e. The molecule has 0 fully saturated rings. The van der Waals surface area contributed by atoms with Crippen LogP contribution in [0.1, 0.15) is 22.5 Å². The Kier molecular flexibility index (Phi) is 4.66. The molecule has 0 unspecified atom stereocenters. The van der Waals surface area contributed by atoms with Crippen molar-refractivity contribution in [3.63, 3.8) is 0 Å². The average molecular weight is 261 g/mol. The van der Waals surface area contributed by atoms with E-state index in [2.05, 4.69) is 4.98 Å². The molecule has 1 heterocycles. The van der Waals surface area contributed by atoms with Crippen molar-refractivity contribution < 1.29 is 18.0 Å². The molecule has 0 aliphatic heterocycles. The minimum atomic E-state index is -4.44. The molecule has 0 aromatic carbocycles. The van der Waals surface area contributed by atoms with Crippen molar-refractivity contribution in [3.05, 3.63) is 29.6 Å². The lowest BCUT2D eigenvalue weighted by atomic mass is 10.2. The Hall–Kier alpha value is -1.63. The first-order valence-corrected chi connectivity index (χ1v) is 5.35. The number of carbonyl (C=O) groups excluding carboxylic acids is 1. The van der Waals surface area contributed by atoms with E-state index < -0.39 is 17.6 Å². The van der Waals surface area contributed by atoms with E-state index in [1.807, 2.05) is 0 Å². The van der Waals surface area contributed by atoms with E-state index in [9.17, 15) is 18.0 Å². The first-order chi connectivity index (χ1) is 8.36. The zero-order valence-electron chi connectivity index (χ0n) is 9.87. The van der Waals surface area contributed by atoms with Gasteiger partial charge < -0.3 is 10.6 Å². The fourth-order valence-corrected chi connectivity index (χ4v) is 1.31. The highest BCUT2D eigenvalue weighted by molar-refractivity contribution is 5.92. The number of aromatic nitrogens is 1. The van der Waals surface area contributed by atoms with Gasteiger partial charge >= 0.3 is 6.18 Å². The van der Waals surface area contributed by atoms with Gasteiger partial charge in [0.15, 0.2) is 0 Å². The van der Waals surface area contributed by atoms with Crippen molar-refractivity contribution in [1.29, 1.82) is 0 Å². The third-order valence-electron chi connectivity index (χ3n) is 2.35. The van der Waals surface area contributed by atoms with Crippen LogP contribution in [0.5, 0.6) is 0 Å². The Balaban J connectivity index is 2.76. The molecule has 0 saturated carbocycles. The number of hydrogen-bond acceptors (Lipinski definition) is 3. The van der Waals surface area contributed by atoms with E-state index in [1.54, 1.807) is 7.05 Å². The highest BCUT2D eigenvalue weighted by atomic mass is 19.4. The van der Waals surface area contributed by atoms with Crippen LogP contribution in [0.25, 0.3) is 0 Å². The first kappa shape index (κ1) is 14.4. The van der Waals surface area contributed by atoms with Crippen LogP contribution in [0, 0.1) is 0 Å². The van der Waals surface area contributed by atoms with Gasteiger partial charge in [0, 0.05) is 19.8 Å². The molecule has 7 heteroatoms. The Morgan fingerprint density at radius 2 is 2.11 bits per heavy atom. The fraction of sp³-hybridized carbons (Fsp3) is 0.455. The van der Waals surface area contributed by atoms with Crippen LogP contribution >= 0.6 is 0 Å². The zero-order valence-corrected chi connectivity index (χ0v) is 9.87. The van der Waals surface area contributed by atoms with Gasteiger partial charge in [0.25, 0.3) is 5.91 Å². The number of alkyl halides is 3. The maximum absolute atomic E-state index is 12.3. The molecule has 0 aliphatic rings. The second kappa shape index (κ2) is 5.81. The number of hydrogen-bond donors (Lipinski definition) is 1. The second-order valence-electron chi connectivity index (χ2n) is 3.80. The predicted molar refractivity (Wildman–Crippen MR) is 59.9 cm³/mol. The molecule has 2 N–H and O–H groups in total. The SMILES string of the molecule is CN(CCCN)C(=O)c1ccc(C(F)(F)F)cn1. The summed E-state index contributed by atoms with van der Waals surface area (Å²) in [5.41, 5.74) is 4.42. The summed E-state index contributed by atoms with van der Waals surface area (Å²) >= 11 is 0. The third-order valence-corrected chi connectivity index (χ3v) is 2.35. The van der Waals surface area contributed by atoms with E-state index in [1.165, 1.54) is 4.90 Å². The van der Waals surface area contributed by atoms with Gasteiger partial charge in [-0.25, -0.2) is 0 Å². The Morgan fingerprint density at radius 3 is 2.56 bits per heavy atom. The van der Waals surface area contributed by atoms with Crippen molar-refractivity contribution in [2.24, 2.45) is 5.73 Å². The Morgan fingerprint density at radius 1 is 1.44 bits per heavy atom. The summed E-state index contributed by atoms with van der Waals surface area (Å²) < 4.78 is 36.9. The number of amides is 1. The van der Waals surface area contributed by atoms with Gasteiger partial charge in [-0.15, -0.1) is 0 Å². The summed E-state index contributed by atoms with van der Waals surface area (Å²) in [5.74, 6) is -0.419. The van der Waals surface area contributed by atoms with Gasteiger partial charge in [-0.1, -0.05) is 0 Å². The van der Waals surface area contributed by atoms with Gasteiger partial charge in [0.1, 0.15) is 5.69 Å². The number of carbonyl (C=O) groups is 1. The summed E-state index contributed by atoms with van der Waals surface area (Å²) in [6.07, 6.45) is -3.16. The third kappa shape index (κ3) is 3.69. The number of halogens is 3. The number of nitrogens with zero attached hydrogens (tertiary/aromatic N) is 2. The molecular weight excluding hydrogens is 247 g/mol. The number of pyridine rings is 1. The van der Waals surface area contributed by atoms with E-state index in [4.69, 9.17) is 5.73 Å². The van der Waals surface area contributed by atoms with Gasteiger partial charge in [-0.05, 0) is 25.1 Å². The van der Waals surface area contributed by atoms with Crippen molar-refractivity contribution in [3.8, 4) is 0 Å². The average Bonchev–Trinajstić information content (AvgIpc) is 2.34. The van der Waals surface area contributed by atoms with Gasteiger partial charge in [-0.3, -0.25) is 9.78 Å². The van der Waals surface area contributed by atoms with E-state index in [0.717, 1.165) is 12.1 Å². The monoisotopic (exact) mass is 261 g/mol. The van der Waals surface area contributed by atoms with Crippen LogP contribution in [-0.2, 0) is 6.18 Å². The van der Waals surface area contributed by atoms with E-state index in [-0.39, 0.29) is 5.69 Å². The van der Waals surface area contributed by atoms with Crippen LogP contribution in [0.2, 0.25) is 0 Å². The van der Waals surface area contributed by atoms with E-state index >= 15 is 0 Å². The molecule has 1 amide bonds. The molecule has 18 heavy (non-hydrogen) atoms. The molecular formula is C11H14F3N3O. The lowest BCUT2D eigenvalue weighted by Gasteiger charge is -2.16. The quantitative estimate of drug-likeness (QED) is 0.894. The van der Waals surface area contributed by atoms with Gasteiger partial charge in [0.05, 0.1) is 5.56 Å². The summed E-state index contributed by atoms with van der Waals surface area (Å²) in [5, 5.41) is 0. The van der Waals surface area contributed by atoms with Crippen molar-refractivity contribution in [2.45, 2.75) is 12.6 Å². The largest absolute Gasteiger partial charge is 0.417 e. The van der Waals surface area contributed by atoms with Crippen molar-refractivity contribution in [2.75, 3.05) is 20.1 Å². The molecule has 0 atom stereocenters. The van der Waals surface area contributed by atoms with Crippen LogP contribution in [-0.4, -0.2) is 35.9 Å². The topological polar surface area (TPSA) is 59.2 Å². The molecule has 0 saturated heterocycles. The molecule has 1 rings (SSSR count). The minimum absolute atomic E-state index is 0.0116. The lowest BCUT2D eigenvalue weighted by Crippen LogP contribution is -2.29. The summed E-state index contributed by atoms with van der Waals surface area (Å²) in [6.45, 7) is 0.885. The molecule has 1 aromatic rings. The van der Waals surface area contributed by atoms with Gasteiger partial charge in [-0.2, -0.15) is 13.2 Å². The lowest BCUT2D eigenvalue weighted by molar-refractivity contribution is -0.137. The summed E-state index contributed by atoms with van der Waals surface area (Å²) in [7, 11) is 1.55. The molecule has 0 spiro atoms. The van der Waals surface area contributed by atoms with Gasteiger partial charge in [0.2, 0.25) is 0 Å². The molecule has 100 valence electrons. The Labute approximate surface area is 103 Å². The fourth-order valence-electron chi connectivity index (χ4n) is 1.31. The highest BCUT2D eigenvalue weighted by Crippen LogP contribution is 2.28. The summed E-state index contributed by atoms with van der Waals surface area (Å²) in [6, 6.07) is 1.92. The van der Waals surface area contributed by atoms with E-state index in [0.29, 0.717) is 25.7 Å². The second-order valence-corrected chi connectivity index (χ2v) is 3.80. The number of nitrogens with two attached hydrogens (primary N) is 1. The standard InChI is InChI=1S/C11H14F3N3O/c1-17(6-2-5-15)10(18)9-4-3-8(7-16-9)11(12,13)14/h3-4,7H,2,5-6,15H2,1H3. The molecule has 4 nitrogen and oxygen atoms in total. The van der Waals surface area contributed by atoms with Crippen LogP contribution < -0.4 is 5.73 Å². The van der Waals surface area contributed by atoms with Crippen LogP contribution in [0.4, 0.5) is 13.2 Å². The summed E-state index contributed by atoms with van der Waals surface area (Å²) in [4.78, 5) is 16.7. The normalized spacial score (nSPS) is 11.4. The molecule has 0 aliphatic carbocycles. The van der Waals surface area contributed by atoms with Crippen molar-refractivity contribution in [1.82, 2.24) is 9.88 Å². The molecule has 0 radical (unpaired) electrons. The minimum Gasteiger partial charge on any atom is -0.340 e. The zero-order chi connectivity index (χ0) is 13.8. The van der Waals surface area contributed by atoms with Crippen LogP contribution in [0.3, 0.4) is 0 Å². The molecule has 0 bridgehead atoms. The maximum atomic E-state index is 12.3. The Bertz CT molecular complexity index is 403. The van der Waals surface area contributed by atoms with Crippen LogP contribution in [0.15, 0.2) is 18.3 Å². The predicted octanol–water partition coefficient (Wildman–Crippen LogP) is 1.52.